The monoisotopic (exact) mass is 353 g/mol. The SMILES string of the molecule is CCCCCN1CCCC(COc2cccc(C(C)(C)C)c2)C1.Cl. The van der Waals surface area contributed by atoms with Crippen LogP contribution in [0.3, 0.4) is 0 Å². The summed E-state index contributed by atoms with van der Waals surface area (Å²) >= 11 is 0. The predicted octanol–water partition coefficient (Wildman–Crippen LogP) is 5.69. The molecule has 0 amide bonds. The standard InChI is InChI=1S/C21H35NO.ClH/c1-5-6-7-13-22-14-9-10-18(16-22)17-23-20-12-8-11-19(15-20)21(2,3)4;/h8,11-12,15,18H,5-7,9-10,13-14,16-17H2,1-4H3;1H. The molecule has 1 saturated heterocycles. The molecule has 2 rings (SSSR count). The van der Waals surface area contributed by atoms with E-state index < -0.39 is 0 Å². The molecule has 1 atom stereocenters. The van der Waals surface area contributed by atoms with E-state index in [2.05, 4.69) is 56.9 Å². The van der Waals surface area contributed by atoms with E-state index in [1.807, 2.05) is 0 Å². The van der Waals surface area contributed by atoms with Crippen molar-refractivity contribution >= 4 is 12.4 Å². The van der Waals surface area contributed by atoms with Crippen molar-refractivity contribution in [2.45, 2.75) is 65.2 Å². The zero-order chi connectivity index (χ0) is 16.7. The molecule has 0 radical (unpaired) electrons. The highest BCUT2D eigenvalue weighted by Gasteiger charge is 2.20. The van der Waals surface area contributed by atoms with Crippen LogP contribution in [0.1, 0.15) is 65.4 Å². The maximum Gasteiger partial charge on any atom is 0.119 e. The highest BCUT2D eigenvalue weighted by molar-refractivity contribution is 5.85. The third-order valence-corrected chi connectivity index (χ3v) is 4.87. The summed E-state index contributed by atoms with van der Waals surface area (Å²) in [4.78, 5) is 2.64. The van der Waals surface area contributed by atoms with Gasteiger partial charge in [0.2, 0.25) is 0 Å². The first-order chi connectivity index (χ1) is 11.0. The number of hydrogen-bond acceptors (Lipinski definition) is 2. The number of benzene rings is 1. The maximum absolute atomic E-state index is 6.13. The van der Waals surface area contributed by atoms with Crippen LogP contribution in [-0.2, 0) is 5.41 Å². The quantitative estimate of drug-likeness (QED) is 0.584. The molecule has 3 heteroatoms. The van der Waals surface area contributed by atoms with Crippen molar-refractivity contribution in [1.82, 2.24) is 4.90 Å². The van der Waals surface area contributed by atoms with Crippen molar-refractivity contribution in [2.24, 2.45) is 5.92 Å². The average Bonchev–Trinajstić information content (AvgIpc) is 2.53. The van der Waals surface area contributed by atoms with Gasteiger partial charge < -0.3 is 9.64 Å². The van der Waals surface area contributed by atoms with Gasteiger partial charge in [0, 0.05) is 12.5 Å². The van der Waals surface area contributed by atoms with E-state index in [9.17, 15) is 0 Å². The second kappa shape index (κ2) is 10.3. The van der Waals surface area contributed by atoms with Crippen molar-refractivity contribution in [3.8, 4) is 5.75 Å². The van der Waals surface area contributed by atoms with Crippen LogP contribution < -0.4 is 4.74 Å². The predicted molar refractivity (Wildman–Crippen MR) is 107 cm³/mol. The number of hydrogen-bond donors (Lipinski definition) is 0. The molecule has 2 nitrogen and oxygen atoms in total. The van der Waals surface area contributed by atoms with Crippen molar-refractivity contribution in [2.75, 3.05) is 26.2 Å². The van der Waals surface area contributed by atoms with Gasteiger partial charge in [-0.15, -0.1) is 12.4 Å². The average molecular weight is 354 g/mol. The van der Waals surface area contributed by atoms with Gasteiger partial charge in [-0.3, -0.25) is 0 Å². The summed E-state index contributed by atoms with van der Waals surface area (Å²) in [6.45, 7) is 13.6. The van der Waals surface area contributed by atoms with Crippen molar-refractivity contribution < 1.29 is 4.74 Å². The largest absolute Gasteiger partial charge is 0.493 e. The summed E-state index contributed by atoms with van der Waals surface area (Å²) in [6, 6.07) is 8.62. The maximum atomic E-state index is 6.13. The van der Waals surface area contributed by atoms with Gasteiger partial charge in [-0.05, 0) is 55.5 Å². The summed E-state index contributed by atoms with van der Waals surface area (Å²) in [5, 5.41) is 0. The lowest BCUT2D eigenvalue weighted by Gasteiger charge is -2.32. The molecule has 1 aromatic carbocycles. The van der Waals surface area contributed by atoms with E-state index in [4.69, 9.17) is 4.74 Å². The molecule has 1 aliphatic heterocycles. The zero-order valence-electron chi connectivity index (χ0n) is 16.0. The Labute approximate surface area is 155 Å². The van der Waals surface area contributed by atoms with Gasteiger partial charge in [0.15, 0.2) is 0 Å². The summed E-state index contributed by atoms with van der Waals surface area (Å²) in [5.74, 6) is 1.71. The van der Waals surface area contributed by atoms with Gasteiger partial charge in [-0.2, -0.15) is 0 Å². The van der Waals surface area contributed by atoms with Crippen LogP contribution in [-0.4, -0.2) is 31.1 Å². The minimum atomic E-state index is 0. The Balaban J connectivity index is 0.00000288. The fourth-order valence-corrected chi connectivity index (χ4v) is 3.34. The minimum Gasteiger partial charge on any atom is -0.493 e. The Morgan fingerprint density at radius 1 is 1.21 bits per heavy atom. The minimum absolute atomic E-state index is 0. The van der Waals surface area contributed by atoms with E-state index in [-0.39, 0.29) is 17.8 Å². The Hall–Kier alpha value is -0.730. The lowest BCUT2D eigenvalue weighted by atomic mass is 9.87. The zero-order valence-corrected chi connectivity index (χ0v) is 16.8. The van der Waals surface area contributed by atoms with E-state index in [1.165, 1.54) is 57.3 Å². The molecule has 138 valence electrons. The molecule has 0 bridgehead atoms. The molecule has 0 saturated carbocycles. The summed E-state index contributed by atoms with van der Waals surface area (Å²) < 4.78 is 6.13. The van der Waals surface area contributed by atoms with Gasteiger partial charge in [-0.1, -0.05) is 52.7 Å². The van der Waals surface area contributed by atoms with Crippen molar-refractivity contribution in [3.05, 3.63) is 29.8 Å². The van der Waals surface area contributed by atoms with E-state index in [0.717, 1.165) is 12.4 Å². The number of likely N-dealkylation sites (tertiary alicyclic amines) is 1. The number of ether oxygens (including phenoxy) is 1. The molecule has 1 unspecified atom stereocenters. The third-order valence-electron chi connectivity index (χ3n) is 4.87. The number of unbranched alkanes of at least 4 members (excludes halogenated alkanes) is 2. The van der Waals surface area contributed by atoms with E-state index in [1.54, 1.807) is 0 Å². The van der Waals surface area contributed by atoms with Crippen LogP contribution in [0.15, 0.2) is 24.3 Å². The summed E-state index contributed by atoms with van der Waals surface area (Å²) in [7, 11) is 0. The number of nitrogens with zero attached hydrogens (tertiary/aromatic N) is 1. The second-order valence-electron chi connectivity index (χ2n) is 8.10. The lowest BCUT2D eigenvalue weighted by Crippen LogP contribution is -2.38. The fourth-order valence-electron chi connectivity index (χ4n) is 3.34. The van der Waals surface area contributed by atoms with Gasteiger partial charge in [-0.25, -0.2) is 0 Å². The molecule has 1 aliphatic rings. The molecule has 0 spiro atoms. The lowest BCUT2D eigenvalue weighted by molar-refractivity contribution is 0.128. The molecule has 1 aromatic rings. The molecule has 24 heavy (non-hydrogen) atoms. The molecular formula is C21H36ClNO. The van der Waals surface area contributed by atoms with E-state index >= 15 is 0 Å². The molecule has 1 heterocycles. The molecule has 0 aliphatic carbocycles. The van der Waals surface area contributed by atoms with Gasteiger partial charge in [0.25, 0.3) is 0 Å². The van der Waals surface area contributed by atoms with Crippen LogP contribution in [0.5, 0.6) is 5.75 Å². The Bertz CT molecular complexity index is 469. The van der Waals surface area contributed by atoms with Crippen LogP contribution in [0.25, 0.3) is 0 Å². The Morgan fingerprint density at radius 3 is 2.71 bits per heavy atom. The van der Waals surface area contributed by atoms with Gasteiger partial charge in [0.05, 0.1) is 6.61 Å². The molecule has 0 aromatic heterocycles. The molecule has 1 fully saturated rings. The Kier molecular flexibility index (Phi) is 9.15. The number of halogens is 1. The molecular weight excluding hydrogens is 318 g/mol. The Morgan fingerprint density at radius 2 is 2.00 bits per heavy atom. The van der Waals surface area contributed by atoms with Crippen LogP contribution in [0.4, 0.5) is 0 Å². The van der Waals surface area contributed by atoms with E-state index in [0.29, 0.717) is 5.92 Å². The highest BCUT2D eigenvalue weighted by atomic mass is 35.5. The first kappa shape index (κ1) is 21.3. The summed E-state index contributed by atoms with van der Waals surface area (Å²) in [5.41, 5.74) is 1.53. The first-order valence-electron chi connectivity index (χ1n) is 9.44. The van der Waals surface area contributed by atoms with Crippen LogP contribution >= 0.6 is 12.4 Å². The first-order valence-corrected chi connectivity index (χ1v) is 9.44. The van der Waals surface area contributed by atoms with Crippen molar-refractivity contribution in [3.63, 3.8) is 0 Å². The van der Waals surface area contributed by atoms with Gasteiger partial charge >= 0.3 is 0 Å². The smallest absolute Gasteiger partial charge is 0.119 e. The van der Waals surface area contributed by atoms with Gasteiger partial charge in [0.1, 0.15) is 5.75 Å². The fraction of sp³-hybridized carbons (Fsp3) is 0.714. The third kappa shape index (κ3) is 7.03. The number of rotatable bonds is 7. The van der Waals surface area contributed by atoms with Crippen molar-refractivity contribution in [1.29, 1.82) is 0 Å². The van der Waals surface area contributed by atoms with Crippen LogP contribution in [0.2, 0.25) is 0 Å². The van der Waals surface area contributed by atoms with Crippen LogP contribution in [0, 0.1) is 5.92 Å². The number of piperidine rings is 1. The molecule has 0 N–H and O–H groups in total. The second-order valence-corrected chi connectivity index (χ2v) is 8.10. The normalized spacial score (nSPS) is 18.9. The highest BCUT2D eigenvalue weighted by Crippen LogP contribution is 2.26. The summed E-state index contributed by atoms with van der Waals surface area (Å²) in [6.07, 6.45) is 6.64. The topological polar surface area (TPSA) is 12.5 Å².